The van der Waals surface area contributed by atoms with E-state index in [9.17, 15) is 4.79 Å². The Kier molecular flexibility index (Phi) is 5.61. The summed E-state index contributed by atoms with van der Waals surface area (Å²) in [5, 5.41) is 3.16. The minimum Gasteiger partial charge on any atom is -0.484 e. The largest absolute Gasteiger partial charge is 0.484 e. The Balaban J connectivity index is 1.92. The van der Waals surface area contributed by atoms with Gasteiger partial charge in [0.25, 0.3) is 5.91 Å². The average molecular weight is 370 g/mol. The van der Waals surface area contributed by atoms with Crippen molar-refractivity contribution < 1.29 is 9.53 Å². The van der Waals surface area contributed by atoms with E-state index in [0.29, 0.717) is 23.0 Å². The summed E-state index contributed by atoms with van der Waals surface area (Å²) in [4.78, 5) is 11.8. The number of ether oxygens (including phenoxy) is 1. The van der Waals surface area contributed by atoms with Crippen LogP contribution in [-0.4, -0.2) is 12.5 Å². The van der Waals surface area contributed by atoms with Crippen LogP contribution in [0.1, 0.15) is 5.56 Å². The Labute approximate surface area is 136 Å². The smallest absolute Gasteiger partial charge is 0.262 e. The van der Waals surface area contributed by atoms with Crippen molar-refractivity contribution in [3.63, 3.8) is 0 Å². The number of benzene rings is 2. The number of carbonyl (C=O) groups is 1. The molecule has 4 nitrogen and oxygen atoms in total. The van der Waals surface area contributed by atoms with E-state index in [2.05, 4.69) is 21.2 Å². The van der Waals surface area contributed by atoms with Crippen molar-refractivity contribution in [3.05, 3.63) is 57.5 Å². The summed E-state index contributed by atoms with van der Waals surface area (Å²) in [7, 11) is 0. The fourth-order valence-corrected chi connectivity index (χ4v) is 2.41. The molecule has 2 aromatic rings. The zero-order chi connectivity index (χ0) is 15.2. The fraction of sp³-hybridized carbons (Fsp3) is 0.133. The molecule has 2 aromatic carbocycles. The van der Waals surface area contributed by atoms with E-state index in [4.69, 9.17) is 22.1 Å². The van der Waals surface area contributed by atoms with Crippen molar-refractivity contribution in [2.75, 3.05) is 11.9 Å². The number of anilines is 1. The van der Waals surface area contributed by atoms with Gasteiger partial charge in [0.15, 0.2) is 6.61 Å². The summed E-state index contributed by atoms with van der Waals surface area (Å²) >= 11 is 9.34. The van der Waals surface area contributed by atoms with E-state index >= 15 is 0 Å². The minimum atomic E-state index is -0.280. The van der Waals surface area contributed by atoms with Gasteiger partial charge in [-0.25, -0.2) is 0 Å². The highest BCUT2D eigenvalue weighted by Gasteiger charge is 2.07. The molecule has 0 radical (unpaired) electrons. The second kappa shape index (κ2) is 7.45. The molecule has 0 heterocycles. The Bertz CT molecular complexity index is 649. The molecule has 0 bridgehead atoms. The third-order valence-corrected chi connectivity index (χ3v) is 3.52. The quantitative estimate of drug-likeness (QED) is 0.846. The predicted octanol–water partition coefficient (Wildman–Crippen LogP) is 3.58. The molecule has 0 unspecified atom stereocenters. The average Bonchev–Trinajstić information content (AvgIpc) is 2.48. The van der Waals surface area contributed by atoms with Gasteiger partial charge in [-0.05, 0) is 35.9 Å². The highest BCUT2D eigenvalue weighted by atomic mass is 79.9. The van der Waals surface area contributed by atoms with Crippen molar-refractivity contribution in [2.24, 2.45) is 5.73 Å². The Morgan fingerprint density at radius 1 is 1.29 bits per heavy atom. The molecule has 0 saturated carbocycles. The molecular weight excluding hydrogens is 356 g/mol. The summed E-state index contributed by atoms with van der Waals surface area (Å²) < 4.78 is 6.27. The van der Waals surface area contributed by atoms with E-state index in [1.54, 1.807) is 30.3 Å². The number of amides is 1. The van der Waals surface area contributed by atoms with Crippen molar-refractivity contribution >= 4 is 39.1 Å². The van der Waals surface area contributed by atoms with Crippen LogP contribution in [0.4, 0.5) is 5.69 Å². The lowest BCUT2D eigenvalue weighted by molar-refractivity contribution is -0.118. The van der Waals surface area contributed by atoms with Crippen LogP contribution in [0.15, 0.2) is 46.9 Å². The second-order valence-corrected chi connectivity index (χ2v) is 5.64. The lowest BCUT2D eigenvalue weighted by Crippen LogP contribution is -2.20. The van der Waals surface area contributed by atoms with Crippen LogP contribution in [0.3, 0.4) is 0 Å². The zero-order valence-corrected chi connectivity index (χ0v) is 13.4. The molecule has 0 aromatic heterocycles. The van der Waals surface area contributed by atoms with Gasteiger partial charge in [-0.3, -0.25) is 4.79 Å². The Morgan fingerprint density at radius 3 is 2.81 bits per heavy atom. The van der Waals surface area contributed by atoms with E-state index in [0.717, 1.165) is 10.0 Å². The predicted molar refractivity (Wildman–Crippen MR) is 87.6 cm³/mol. The summed E-state index contributed by atoms with van der Waals surface area (Å²) in [6.45, 7) is 0.332. The monoisotopic (exact) mass is 368 g/mol. The van der Waals surface area contributed by atoms with Crippen LogP contribution in [-0.2, 0) is 11.3 Å². The molecule has 6 heteroatoms. The number of hydrogen-bond acceptors (Lipinski definition) is 3. The maximum Gasteiger partial charge on any atom is 0.262 e. The summed E-state index contributed by atoms with van der Waals surface area (Å²) in [6.07, 6.45) is 0. The van der Waals surface area contributed by atoms with Gasteiger partial charge in [0.1, 0.15) is 5.75 Å². The Hall–Kier alpha value is -1.56. The molecule has 0 fully saturated rings. The third-order valence-electron chi connectivity index (χ3n) is 2.71. The first-order valence-electron chi connectivity index (χ1n) is 6.25. The molecule has 1 amide bonds. The van der Waals surface area contributed by atoms with Gasteiger partial charge in [0, 0.05) is 11.0 Å². The normalized spacial score (nSPS) is 10.2. The number of nitrogens with one attached hydrogen (secondary N) is 1. The number of halogens is 2. The molecule has 0 aliphatic rings. The molecular formula is C15H14BrClN2O2. The first kappa shape index (κ1) is 15.8. The molecule has 0 saturated heterocycles. The van der Waals surface area contributed by atoms with Crippen LogP contribution >= 0.6 is 27.5 Å². The molecule has 110 valence electrons. The van der Waals surface area contributed by atoms with Gasteiger partial charge in [-0.2, -0.15) is 0 Å². The van der Waals surface area contributed by atoms with Gasteiger partial charge >= 0.3 is 0 Å². The maximum absolute atomic E-state index is 11.8. The van der Waals surface area contributed by atoms with Crippen molar-refractivity contribution in [3.8, 4) is 5.75 Å². The van der Waals surface area contributed by atoms with Gasteiger partial charge in [0.05, 0.1) is 10.7 Å². The van der Waals surface area contributed by atoms with Crippen LogP contribution in [0.5, 0.6) is 5.75 Å². The van der Waals surface area contributed by atoms with Crippen molar-refractivity contribution in [2.45, 2.75) is 6.54 Å². The standard InChI is InChI=1S/C15H14BrClN2O2/c16-11-4-5-14(13(17)7-11)19-15(20)9-21-12-3-1-2-10(6-12)8-18/h1-7H,8-9,18H2,(H,19,20). The van der Waals surface area contributed by atoms with Crippen molar-refractivity contribution in [1.29, 1.82) is 0 Å². The fourth-order valence-electron chi connectivity index (χ4n) is 1.69. The highest BCUT2D eigenvalue weighted by Crippen LogP contribution is 2.25. The van der Waals surface area contributed by atoms with Crippen LogP contribution in [0.25, 0.3) is 0 Å². The topological polar surface area (TPSA) is 64.3 Å². The maximum atomic E-state index is 11.8. The van der Waals surface area contributed by atoms with Gasteiger partial charge in [-0.1, -0.05) is 39.7 Å². The van der Waals surface area contributed by atoms with Crippen molar-refractivity contribution in [1.82, 2.24) is 0 Å². The summed E-state index contributed by atoms with van der Waals surface area (Å²) in [6, 6.07) is 12.5. The molecule has 0 spiro atoms. The number of hydrogen-bond donors (Lipinski definition) is 2. The molecule has 21 heavy (non-hydrogen) atoms. The summed E-state index contributed by atoms with van der Waals surface area (Å²) in [5.74, 6) is 0.326. The SMILES string of the molecule is NCc1cccc(OCC(=O)Nc2ccc(Br)cc2Cl)c1. The van der Waals surface area contributed by atoms with Crippen LogP contribution < -0.4 is 15.8 Å². The molecule has 0 aliphatic heterocycles. The Morgan fingerprint density at radius 2 is 2.10 bits per heavy atom. The van der Waals surface area contributed by atoms with Crippen LogP contribution in [0.2, 0.25) is 5.02 Å². The van der Waals surface area contributed by atoms with E-state index in [1.165, 1.54) is 0 Å². The second-order valence-electron chi connectivity index (χ2n) is 4.31. The first-order valence-corrected chi connectivity index (χ1v) is 7.42. The first-order chi connectivity index (χ1) is 10.1. The highest BCUT2D eigenvalue weighted by molar-refractivity contribution is 9.10. The lowest BCUT2D eigenvalue weighted by Gasteiger charge is -2.09. The molecule has 2 rings (SSSR count). The minimum absolute atomic E-state index is 0.0968. The summed E-state index contributed by atoms with van der Waals surface area (Å²) in [5.41, 5.74) is 7.05. The molecule has 0 atom stereocenters. The molecule has 0 aliphatic carbocycles. The van der Waals surface area contributed by atoms with Crippen LogP contribution in [0, 0.1) is 0 Å². The number of rotatable bonds is 5. The van der Waals surface area contributed by atoms with Gasteiger partial charge in [0.2, 0.25) is 0 Å². The number of carbonyl (C=O) groups excluding carboxylic acids is 1. The third kappa shape index (κ3) is 4.74. The van der Waals surface area contributed by atoms with E-state index in [1.807, 2.05) is 12.1 Å². The lowest BCUT2D eigenvalue weighted by atomic mass is 10.2. The molecule has 3 N–H and O–H groups in total. The van der Waals surface area contributed by atoms with Gasteiger partial charge in [-0.15, -0.1) is 0 Å². The van der Waals surface area contributed by atoms with E-state index in [-0.39, 0.29) is 12.5 Å². The number of nitrogens with two attached hydrogens (primary N) is 1. The van der Waals surface area contributed by atoms with Gasteiger partial charge < -0.3 is 15.8 Å². The zero-order valence-electron chi connectivity index (χ0n) is 11.1. The van der Waals surface area contributed by atoms with E-state index < -0.39 is 0 Å².